The monoisotopic (exact) mass is 342 g/mol. The van der Waals surface area contributed by atoms with Crippen molar-refractivity contribution in [1.29, 1.82) is 0 Å². The molecule has 2 aromatic heterocycles. The molecule has 134 valence electrons. The second kappa shape index (κ2) is 6.29. The van der Waals surface area contributed by atoms with Crippen LogP contribution in [0.4, 0.5) is 17.6 Å². The van der Waals surface area contributed by atoms with E-state index in [-0.39, 0.29) is 5.92 Å². The molecular weight excluding hydrogens is 316 g/mol. The van der Waals surface area contributed by atoms with Crippen molar-refractivity contribution in [2.75, 3.05) is 23.3 Å². The predicted octanol–water partition coefficient (Wildman–Crippen LogP) is 2.81. The molecule has 2 fully saturated rings. The first-order valence-corrected chi connectivity index (χ1v) is 9.12. The van der Waals surface area contributed by atoms with Gasteiger partial charge in [0.25, 0.3) is 0 Å². The summed E-state index contributed by atoms with van der Waals surface area (Å²) < 4.78 is 0. The molecule has 0 spiro atoms. The van der Waals surface area contributed by atoms with Gasteiger partial charge in [-0.05, 0) is 45.6 Å². The molecule has 7 nitrogen and oxygen atoms in total. The van der Waals surface area contributed by atoms with Crippen LogP contribution in [0.3, 0.4) is 0 Å². The van der Waals surface area contributed by atoms with Crippen molar-refractivity contribution < 1.29 is 5.11 Å². The molecule has 0 amide bonds. The van der Waals surface area contributed by atoms with Crippen LogP contribution in [0.1, 0.15) is 51.1 Å². The average Bonchev–Trinajstić information content (AvgIpc) is 3.35. The first kappa shape index (κ1) is 16.3. The normalized spacial score (nSPS) is 21.4. The minimum atomic E-state index is -0.678. The minimum Gasteiger partial charge on any atom is -0.390 e. The van der Waals surface area contributed by atoms with Gasteiger partial charge in [0.2, 0.25) is 5.95 Å². The van der Waals surface area contributed by atoms with Crippen LogP contribution in [0.5, 0.6) is 0 Å². The van der Waals surface area contributed by atoms with Crippen molar-refractivity contribution in [2.45, 2.75) is 51.0 Å². The van der Waals surface area contributed by atoms with Gasteiger partial charge < -0.3 is 15.3 Å². The molecule has 0 aromatic carbocycles. The first-order valence-electron chi connectivity index (χ1n) is 9.12. The number of aromatic nitrogens is 4. The molecule has 1 aliphatic carbocycles. The van der Waals surface area contributed by atoms with E-state index >= 15 is 0 Å². The van der Waals surface area contributed by atoms with Crippen LogP contribution in [0.2, 0.25) is 0 Å². The molecule has 7 heteroatoms. The molecule has 3 N–H and O–H groups in total. The first-order chi connectivity index (χ1) is 12.0. The van der Waals surface area contributed by atoms with Crippen molar-refractivity contribution in [2.24, 2.45) is 5.92 Å². The van der Waals surface area contributed by atoms with Gasteiger partial charge in [0.05, 0.1) is 5.60 Å². The molecule has 25 heavy (non-hydrogen) atoms. The molecule has 1 saturated heterocycles. The van der Waals surface area contributed by atoms with Crippen LogP contribution in [0.25, 0.3) is 0 Å². The fourth-order valence-corrected chi connectivity index (χ4v) is 3.44. The summed E-state index contributed by atoms with van der Waals surface area (Å²) in [7, 11) is 0. The van der Waals surface area contributed by atoms with E-state index in [4.69, 9.17) is 0 Å². The highest BCUT2D eigenvalue weighted by Gasteiger charge is 2.32. The van der Waals surface area contributed by atoms with E-state index in [9.17, 15) is 5.11 Å². The Kier molecular flexibility index (Phi) is 4.11. The summed E-state index contributed by atoms with van der Waals surface area (Å²) >= 11 is 0. The number of hydrogen-bond acceptors (Lipinski definition) is 6. The number of rotatable bonds is 5. The molecule has 3 heterocycles. The fraction of sp³-hybridized carbons (Fsp3) is 0.611. The molecule has 2 aliphatic rings. The van der Waals surface area contributed by atoms with Crippen LogP contribution in [-0.4, -0.2) is 44.0 Å². The van der Waals surface area contributed by atoms with E-state index < -0.39 is 5.60 Å². The fourth-order valence-electron chi connectivity index (χ4n) is 3.44. The number of nitrogens with one attached hydrogen (secondary N) is 2. The predicted molar refractivity (Wildman–Crippen MR) is 97.1 cm³/mol. The lowest BCUT2D eigenvalue weighted by molar-refractivity contribution is 0.0109. The Morgan fingerprint density at radius 1 is 1.28 bits per heavy atom. The molecule has 1 atom stereocenters. The summed E-state index contributed by atoms with van der Waals surface area (Å²) in [5.74, 6) is 3.12. The molecular formula is C18H26N6O. The maximum absolute atomic E-state index is 10.3. The molecule has 0 bridgehead atoms. The van der Waals surface area contributed by atoms with Crippen LogP contribution in [-0.2, 0) is 0 Å². The summed E-state index contributed by atoms with van der Waals surface area (Å²) in [6.07, 6.45) is 6.34. The Bertz CT molecular complexity index is 733. The van der Waals surface area contributed by atoms with E-state index in [1.54, 1.807) is 6.20 Å². The molecule has 1 aliphatic heterocycles. The van der Waals surface area contributed by atoms with Crippen molar-refractivity contribution in [1.82, 2.24) is 20.2 Å². The Balaban J connectivity index is 1.46. The minimum absolute atomic E-state index is 0.230. The van der Waals surface area contributed by atoms with Gasteiger partial charge in [0.1, 0.15) is 5.82 Å². The highest BCUT2D eigenvalue weighted by Crippen LogP contribution is 2.39. The average molecular weight is 342 g/mol. The maximum atomic E-state index is 10.3. The summed E-state index contributed by atoms with van der Waals surface area (Å²) in [6.45, 7) is 5.47. The zero-order valence-electron chi connectivity index (χ0n) is 14.9. The largest absolute Gasteiger partial charge is 0.390 e. The number of anilines is 3. The smallest absolute Gasteiger partial charge is 0.227 e. The second-order valence-electron chi connectivity index (χ2n) is 7.79. The third-order valence-electron chi connectivity index (χ3n) is 5.22. The number of aromatic amines is 1. The summed E-state index contributed by atoms with van der Waals surface area (Å²) in [5.41, 5.74) is 0.517. The molecule has 4 rings (SSSR count). The highest BCUT2D eigenvalue weighted by atomic mass is 16.3. The van der Waals surface area contributed by atoms with E-state index in [1.807, 2.05) is 19.9 Å². The van der Waals surface area contributed by atoms with Gasteiger partial charge >= 0.3 is 0 Å². The Labute approximate surface area is 147 Å². The lowest BCUT2D eigenvalue weighted by atomic mass is 9.84. The van der Waals surface area contributed by atoms with Crippen LogP contribution in [0.15, 0.2) is 18.3 Å². The molecule has 1 saturated carbocycles. The van der Waals surface area contributed by atoms with Crippen LogP contribution in [0, 0.1) is 5.92 Å². The van der Waals surface area contributed by atoms with Gasteiger partial charge in [-0.15, -0.1) is 0 Å². The Morgan fingerprint density at radius 3 is 2.88 bits per heavy atom. The number of aliphatic hydroxyl groups is 1. The van der Waals surface area contributed by atoms with Gasteiger partial charge in [-0.2, -0.15) is 10.1 Å². The Morgan fingerprint density at radius 2 is 2.12 bits per heavy atom. The zero-order valence-corrected chi connectivity index (χ0v) is 14.9. The van der Waals surface area contributed by atoms with Crippen molar-refractivity contribution in [3.8, 4) is 0 Å². The lowest BCUT2D eigenvalue weighted by Gasteiger charge is -2.38. The summed E-state index contributed by atoms with van der Waals surface area (Å²) in [6, 6.07) is 3.91. The van der Waals surface area contributed by atoms with E-state index in [1.165, 1.54) is 18.5 Å². The van der Waals surface area contributed by atoms with E-state index in [2.05, 4.69) is 36.4 Å². The Hall–Kier alpha value is -2.15. The SMILES string of the molecule is CC(C)(O)C1CCCN(c2nccc(Nc3cc(C4CC4)[nH]n3)n2)C1. The lowest BCUT2D eigenvalue weighted by Crippen LogP contribution is -2.45. The van der Waals surface area contributed by atoms with Gasteiger partial charge in [-0.3, -0.25) is 5.10 Å². The second-order valence-corrected chi connectivity index (χ2v) is 7.79. The van der Waals surface area contributed by atoms with E-state index in [0.29, 0.717) is 11.9 Å². The molecule has 1 unspecified atom stereocenters. The van der Waals surface area contributed by atoms with Gasteiger partial charge in [0.15, 0.2) is 5.82 Å². The van der Waals surface area contributed by atoms with Gasteiger partial charge in [-0.25, -0.2) is 4.98 Å². The quantitative estimate of drug-likeness (QED) is 0.774. The highest BCUT2D eigenvalue weighted by molar-refractivity contribution is 5.53. The number of nitrogens with zero attached hydrogens (tertiary/aromatic N) is 4. The van der Waals surface area contributed by atoms with E-state index in [0.717, 1.165) is 37.6 Å². The standard InChI is InChI=1S/C18H26N6O/c1-18(2,25)13-4-3-9-24(11-13)17-19-8-7-15(21-17)20-16-10-14(22-23-16)12-5-6-12/h7-8,10,12-13,25H,3-6,9,11H2,1-2H3,(H2,19,20,21,22,23). The topological polar surface area (TPSA) is 90.0 Å². The summed E-state index contributed by atoms with van der Waals surface area (Å²) in [4.78, 5) is 11.2. The number of H-pyrrole nitrogens is 1. The molecule has 2 aromatic rings. The van der Waals surface area contributed by atoms with Gasteiger partial charge in [-0.1, -0.05) is 0 Å². The number of hydrogen-bond donors (Lipinski definition) is 3. The van der Waals surface area contributed by atoms with Crippen molar-refractivity contribution in [3.63, 3.8) is 0 Å². The third kappa shape index (κ3) is 3.76. The van der Waals surface area contributed by atoms with Crippen LogP contribution >= 0.6 is 0 Å². The van der Waals surface area contributed by atoms with Crippen LogP contribution < -0.4 is 10.2 Å². The number of piperidine rings is 1. The van der Waals surface area contributed by atoms with Crippen molar-refractivity contribution in [3.05, 3.63) is 24.0 Å². The third-order valence-corrected chi connectivity index (χ3v) is 5.22. The zero-order chi connectivity index (χ0) is 17.4. The maximum Gasteiger partial charge on any atom is 0.227 e. The summed E-state index contributed by atoms with van der Waals surface area (Å²) in [5, 5.41) is 21.0. The van der Waals surface area contributed by atoms with Gasteiger partial charge in [0, 0.05) is 42.9 Å². The van der Waals surface area contributed by atoms with Crippen molar-refractivity contribution >= 4 is 17.6 Å². The molecule has 0 radical (unpaired) electrons.